The van der Waals surface area contributed by atoms with Crippen molar-refractivity contribution in [2.45, 2.75) is 20.0 Å². The van der Waals surface area contributed by atoms with E-state index in [4.69, 9.17) is 4.74 Å². The van der Waals surface area contributed by atoms with E-state index in [-0.39, 0.29) is 12.0 Å². The molecule has 2 N–H and O–H groups in total. The molecule has 0 aromatic heterocycles. The number of nitrogens with one attached hydrogen (secondary N) is 2. The summed E-state index contributed by atoms with van der Waals surface area (Å²) < 4.78 is 5.62. The Bertz CT molecular complexity index is 211. The second-order valence-electron chi connectivity index (χ2n) is 3.97. The second-order valence-corrected chi connectivity index (χ2v) is 3.97. The number of nitrogens with zero attached hydrogens (tertiary/aromatic N) is 1. The van der Waals surface area contributed by atoms with Crippen LogP contribution in [0.3, 0.4) is 0 Å². The molecular weight excluding hydrogens is 206 g/mol. The van der Waals surface area contributed by atoms with Crippen molar-refractivity contribution in [3.63, 3.8) is 0 Å². The van der Waals surface area contributed by atoms with E-state index in [0.717, 1.165) is 32.8 Å². The van der Waals surface area contributed by atoms with Gasteiger partial charge in [-0.3, -0.25) is 9.69 Å². The Kier molecular flexibility index (Phi) is 6.37. The van der Waals surface area contributed by atoms with Crippen LogP contribution in [-0.4, -0.2) is 62.8 Å². The monoisotopic (exact) mass is 229 g/mol. The van der Waals surface area contributed by atoms with E-state index in [9.17, 15) is 4.79 Å². The molecule has 1 amide bonds. The number of carbonyl (C=O) groups excluding carboxylic acids is 1. The van der Waals surface area contributed by atoms with Crippen molar-refractivity contribution >= 4 is 5.91 Å². The van der Waals surface area contributed by atoms with Crippen LogP contribution < -0.4 is 10.6 Å². The van der Waals surface area contributed by atoms with Crippen LogP contribution >= 0.6 is 0 Å². The minimum absolute atomic E-state index is 0.0469. The highest BCUT2D eigenvalue weighted by atomic mass is 16.5. The van der Waals surface area contributed by atoms with Crippen LogP contribution in [0.4, 0.5) is 0 Å². The van der Waals surface area contributed by atoms with Gasteiger partial charge >= 0.3 is 0 Å². The maximum absolute atomic E-state index is 11.2. The molecule has 1 unspecified atom stereocenters. The maximum Gasteiger partial charge on any atom is 0.233 e. The van der Waals surface area contributed by atoms with E-state index < -0.39 is 0 Å². The highest BCUT2D eigenvalue weighted by Crippen LogP contribution is 2.03. The first-order valence-electron chi connectivity index (χ1n) is 6.07. The average Bonchev–Trinajstić information content (AvgIpc) is 2.30. The first-order chi connectivity index (χ1) is 7.76. The van der Waals surface area contributed by atoms with Gasteiger partial charge in [-0.15, -0.1) is 0 Å². The third kappa shape index (κ3) is 4.92. The zero-order chi connectivity index (χ0) is 11.8. The summed E-state index contributed by atoms with van der Waals surface area (Å²) in [5, 5.41) is 5.87. The molecule has 94 valence electrons. The van der Waals surface area contributed by atoms with Gasteiger partial charge in [0.2, 0.25) is 5.91 Å². The third-order valence-electron chi connectivity index (χ3n) is 2.70. The van der Waals surface area contributed by atoms with Crippen molar-refractivity contribution in [3.8, 4) is 0 Å². The van der Waals surface area contributed by atoms with E-state index in [2.05, 4.69) is 22.5 Å². The van der Waals surface area contributed by atoms with Gasteiger partial charge in [-0.25, -0.2) is 0 Å². The quantitative estimate of drug-likeness (QED) is 0.640. The Morgan fingerprint density at radius 2 is 2.31 bits per heavy atom. The number of hydrogen-bond acceptors (Lipinski definition) is 4. The summed E-state index contributed by atoms with van der Waals surface area (Å²) in [4.78, 5) is 13.5. The normalized spacial score (nSPS) is 22.0. The third-order valence-corrected chi connectivity index (χ3v) is 2.70. The average molecular weight is 229 g/mol. The highest BCUT2D eigenvalue weighted by Gasteiger charge is 2.18. The number of hydrogen-bond donors (Lipinski definition) is 2. The van der Waals surface area contributed by atoms with Gasteiger partial charge in [0, 0.05) is 26.2 Å². The molecule has 5 nitrogen and oxygen atoms in total. The van der Waals surface area contributed by atoms with Crippen molar-refractivity contribution in [3.05, 3.63) is 0 Å². The summed E-state index contributed by atoms with van der Waals surface area (Å²) in [5.74, 6) is 0.0469. The molecule has 1 heterocycles. The maximum atomic E-state index is 11.2. The number of rotatable bonds is 6. The molecule has 0 radical (unpaired) electrons. The molecule has 1 atom stereocenters. The molecule has 0 aliphatic carbocycles. The molecular formula is C11H23N3O2. The summed E-state index contributed by atoms with van der Waals surface area (Å²) in [6.07, 6.45) is 0.211. The predicted molar refractivity (Wildman–Crippen MR) is 63.4 cm³/mol. The van der Waals surface area contributed by atoms with Crippen molar-refractivity contribution in [2.75, 3.05) is 45.9 Å². The minimum Gasteiger partial charge on any atom is -0.374 e. The molecule has 0 aromatic carbocycles. The summed E-state index contributed by atoms with van der Waals surface area (Å²) in [6.45, 7) is 9.71. The van der Waals surface area contributed by atoms with Gasteiger partial charge in [0.05, 0.1) is 19.3 Å². The fraction of sp³-hybridized carbons (Fsp3) is 0.909. The van der Waals surface area contributed by atoms with Crippen LogP contribution in [0.2, 0.25) is 0 Å². The smallest absolute Gasteiger partial charge is 0.233 e. The van der Waals surface area contributed by atoms with Crippen LogP contribution in [0, 0.1) is 0 Å². The van der Waals surface area contributed by atoms with E-state index in [0.29, 0.717) is 13.1 Å². The molecule has 0 aromatic rings. The fourth-order valence-corrected chi connectivity index (χ4v) is 1.80. The molecule has 0 bridgehead atoms. The summed E-state index contributed by atoms with van der Waals surface area (Å²) in [5.41, 5.74) is 0. The van der Waals surface area contributed by atoms with Gasteiger partial charge < -0.3 is 15.4 Å². The number of amides is 1. The van der Waals surface area contributed by atoms with Crippen molar-refractivity contribution in [2.24, 2.45) is 0 Å². The molecule has 1 saturated heterocycles. The Labute approximate surface area is 97.5 Å². The number of carbonyl (C=O) groups is 1. The van der Waals surface area contributed by atoms with Crippen LogP contribution in [0.15, 0.2) is 0 Å². The van der Waals surface area contributed by atoms with Crippen LogP contribution in [0.5, 0.6) is 0 Å². The lowest BCUT2D eigenvalue weighted by Crippen LogP contribution is -2.47. The Morgan fingerprint density at radius 1 is 1.50 bits per heavy atom. The predicted octanol–water partition coefficient (Wildman–Crippen LogP) is -0.567. The molecule has 0 spiro atoms. The Morgan fingerprint density at radius 3 is 3.00 bits per heavy atom. The lowest BCUT2D eigenvalue weighted by Gasteiger charge is -2.32. The number of morpholine rings is 1. The first-order valence-corrected chi connectivity index (χ1v) is 6.07. The lowest BCUT2D eigenvalue weighted by molar-refractivity contribution is -0.120. The van der Waals surface area contributed by atoms with E-state index >= 15 is 0 Å². The highest BCUT2D eigenvalue weighted by molar-refractivity contribution is 5.77. The van der Waals surface area contributed by atoms with Crippen molar-refractivity contribution in [1.29, 1.82) is 0 Å². The Balaban J connectivity index is 2.10. The molecule has 16 heavy (non-hydrogen) atoms. The van der Waals surface area contributed by atoms with Crippen molar-refractivity contribution < 1.29 is 9.53 Å². The molecule has 1 fully saturated rings. The second kappa shape index (κ2) is 7.60. The number of likely N-dealkylation sites (N-methyl/N-ethyl adjacent to an activating group) is 2. The lowest BCUT2D eigenvalue weighted by atomic mass is 10.2. The molecule has 5 heteroatoms. The summed E-state index contributed by atoms with van der Waals surface area (Å²) in [6, 6.07) is 0. The van der Waals surface area contributed by atoms with E-state index in [1.54, 1.807) is 0 Å². The summed E-state index contributed by atoms with van der Waals surface area (Å²) >= 11 is 0. The molecule has 1 rings (SSSR count). The largest absolute Gasteiger partial charge is 0.374 e. The van der Waals surface area contributed by atoms with Crippen molar-refractivity contribution in [1.82, 2.24) is 15.5 Å². The standard InChI is InChI=1S/C11H23N3O2/c1-3-13-11(15)8-12-7-10-9-14(4-2)5-6-16-10/h10,12H,3-9H2,1-2H3,(H,13,15). The van der Waals surface area contributed by atoms with Gasteiger partial charge in [0.15, 0.2) is 0 Å². The van der Waals surface area contributed by atoms with E-state index in [1.165, 1.54) is 0 Å². The van der Waals surface area contributed by atoms with Crippen LogP contribution in [-0.2, 0) is 9.53 Å². The van der Waals surface area contributed by atoms with Gasteiger partial charge in [-0.05, 0) is 13.5 Å². The molecule has 1 aliphatic rings. The van der Waals surface area contributed by atoms with Gasteiger partial charge in [-0.2, -0.15) is 0 Å². The zero-order valence-electron chi connectivity index (χ0n) is 10.3. The van der Waals surface area contributed by atoms with E-state index in [1.807, 2.05) is 6.92 Å². The first kappa shape index (κ1) is 13.4. The zero-order valence-corrected chi connectivity index (χ0v) is 10.3. The topological polar surface area (TPSA) is 53.6 Å². The minimum atomic E-state index is 0.0469. The Hall–Kier alpha value is -0.650. The van der Waals surface area contributed by atoms with Crippen LogP contribution in [0.25, 0.3) is 0 Å². The van der Waals surface area contributed by atoms with Gasteiger partial charge in [0.1, 0.15) is 0 Å². The van der Waals surface area contributed by atoms with Crippen LogP contribution in [0.1, 0.15) is 13.8 Å². The van der Waals surface area contributed by atoms with Gasteiger partial charge in [0.25, 0.3) is 0 Å². The molecule has 1 aliphatic heterocycles. The number of ether oxygens (including phenoxy) is 1. The molecule has 0 saturated carbocycles. The fourth-order valence-electron chi connectivity index (χ4n) is 1.80. The van der Waals surface area contributed by atoms with Gasteiger partial charge in [-0.1, -0.05) is 6.92 Å². The SMILES string of the molecule is CCNC(=O)CNCC1CN(CC)CCO1. The summed E-state index contributed by atoms with van der Waals surface area (Å²) in [7, 11) is 0.